The van der Waals surface area contributed by atoms with Crippen LogP contribution in [0, 0.1) is 5.82 Å². The number of anilines is 1. The van der Waals surface area contributed by atoms with Crippen molar-refractivity contribution in [3.8, 4) is 5.75 Å². The van der Waals surface area contributed by atoms with Crippen LogP contribution in [-0.4, -0.2) is 7.04 Å². The molecule has 2 aromatic rings. The molecule has 0 aliphatic heterocycles. The van der Waals surface area contributed by atoms with Crippen LogP contribution in [0.2, 0.25) is 0 Å². The van der Waals surface area contributed by atoms with Gasteiger partial charge in [-0.1, -0.05) is 6.07 Å². The Morgan fingerprint density at radius 2 is 2.27 bits per heavy atom. The zero-order valence-corrected chi connectivity index (χ0v) is 9.14. The third-order valence-corrected chi connectivity index (χ3v) is 2.72. The van der Waals surface area contributed by atoms with Crippen molar-refractivity contribution in [2.24, 2.45) is 0 Å². The predicted molar refractivity (Wildman–Crippen MR) is 62.6 cm³/mol. The van der Waals surface area contributed by atoms with Crippen LogP contribution in [0.25, 0.3) is 10.8 Å². The summed E-state index contributed by atoms with van der Waals surface area (Å²) in [6, 6.07) is 5.84. The summed E-state index contributed by atoms with van der Waals surface area (Å²) in [5.74, 6) is -1.04. The molecule has 0 saturated heterocycles. The highest BCUT2D eigenvalue weighted by Gasteiger charge is 2.11. The molecule has 2 rings (SSSR count). The molecule has 2 nitrogen and oxygen atoms in total. The van der Waals surface area contributed by atoms with Crippen molar-refractivity contribution in [3.63, 3.8) is 0 Å². The van der Waals surface area contributed by atoms with Crippen LogP contribution in [0.1, 0.15) is 4.11 Å². The van der Waals surface area contributed by atoms with Gasteiger partial charge in [0.15, 0.2) is 11.6 Å². The minimum Gasteiger partial charge on any atom is -0.493 e. The normalized spacial score (nSPS) is 14.4. The highest BCUT2D eigenvalue weighted by Crippen LogP contribution is 2.35. The van der Waals surface area contributed by atoms with E-state index in [0.717, 1.165) is 6.07 Å². The number of ether oxygens (including phenoxy) is 1. The molecule has 0 amide bonds. The molecular formula is C11H9BrFNO. The maximum absolute atomic E-state index is 13.7. The van der Waals surface area contributed by atoms with Gasteiger partial charge in [0.2, 0.25) is 0 Å². The minimum atomic E-state index is -2.71. The molecule has 0 saturated carbocycles. The molecule has 0 fully saturated rings. The number of methoxy groups -OCH3 is 1. The zero-order valence-electron chi connectivity index (χ0n) is 10.6. The van der Waals surface area contributed by atoms with E-state index in [2.05, 4.69) is 15.9 Å². The van der Waals surface area contributed by atoms with E-state index in [-0.39, 0.29) is 5.75 Å². The summed E-state index contributed by atoms with van der Waals surface area (Å²) in [5, 5.41) is 0.947. The van der Waals surface area contributed by atoms with Gasteiger partial charge in [-0.05, 0) is 39.5 Å². The van der Waals surface area contributed by atoms with Crippen molar-refractivity contribution >= 4 is 32.4 Å². The number of nitrogen functional groups attached to an aromatic ring is 1. The molecule has 0 spiro atoms. The summed E-state index contributed by atoms with van der Waals surface area (Å²) in [5.41, 5.74) is 6.15. The third-order valence-electron chi connectivity index (χ3n) is 2.10. The summed E-state index contributed by atoms with van der Waals surface area (Å²) in [6.07, 6.45) is 0. The summed E-state index contributed by atoms with van der Waals surface area (Å²) in [7, 11) is -2.71. The molecule has 0 aliphatic carbocycles. The molecule has 0 aromatic heterocycles. The fourth-order valence-electron chi connectivity index (χ4n) is 1.48. The van der Waals surface area contributed by atoms with E-state index in [1.54, 1.807) is 12.1 Å². The van der Waals surface area contributed by atoms with Crippen LogP contribution < -0.4 is 10.5 Å². The molecule has 15 heavy (non-hydrogen) atoms. The zero-order chi connectivity index (χ0) is 13.5. The second-order valence-electron chi connectivity index (χ2n) is 3.08. The molecule has 78 valence electrons. The first-order valence-electron chi connectivity index (χ1n) is 5.64. The van der Waals surface area contributed by atoms with Crippen molar-refractivity contribution < 1.29 is 13.2 Å². The Kier molecular flexibility index (Phi) is 1.74. The van der Waals surface area contributed by atoms with Crippen molar-refractivity contribution in [3.05, 3.63) is 34.6 Å². The molecule has 2 N–H and O–H groups in total. The second kappa shape index (κ2) is 3.70. The number of nitrogens with two attached hydrogens (primary N) is 1. The summed E-state index contributed by atoms with van der Waals surface area (Å²) >= 11 is 3.23. The van der Waals surface area contributed by atoms with Crippen LogP contribution in [-0.2, 0) is 0 Å². The van der Waals surface area contributed by atoms with E-state index >= 15 is 0 Å². The Morgan fingerprint density at radius 1 is 1.47 bits per heavy atom. The fourth-order valence-corrected chi connectivity index (χ4v) is 2.15. The van der Waals surface area contributed by atoms with Gasteiger partial charge in [0.1, 0.15) is 0 Å². The number of rotatable bonds is 1. The van der Waals surface area contributed by atoms with Gasteiger partial charge in [-0.25, -0.2) is 4.39 Å². The Bertz CT molecular complexity index is 615. The third kappa shape index (κ3) is 1.65. The van der Waals surface area contributed by atoms with E-state index in [1.165, 1.54) is 6.07 Å². The van der Waals surface area contributed by atoms with Gasteiger partial charge < -0.3 is 10.5 Å². The molecular weight excluding hydrogens is 261 g/mol. The number of benzene rings is 2. The highest BCUT2D eigenvalue weighted by atomic mass is 79.9. The van der Waals surface area contributed by atoms with Gasteiger partial charge >= 0.3 is 0 Å². The Balaban J connectivity index is 2.74. The Morgan fingerprint density at radius 3 is 3.00 bits per heavy atom. The molecule has 0 bridgehead atoms. The maximum atomic E-state index is 13.7. The standard InChI is InChI=1S/C11H9BrFNO/c1-15-11-9(13)3-2-6-4-7(14)5-8(12)10(6)11/h2-5H,14H2,1H3/i1D3. The quantitative estimate of drug-likeness (QED) is 0.809. The Hall–Kier alpha value is -1.29. The van der Waals surface area contributed by atoms with Crippen LogP contribution in [0.5, 0.6) is 5.75 Å². The number of halogens is 2. The van der Waals surface area contributed by atoms with Gasteiger partial charge in [0.25, 0.3) is 0 Å². The first kappa shape index (κ1) is 7.06. The summed E-state index contributed by atoms with van der Waals surface area (Å²) in [4.78, 5) is 0. The van der Waals surface area contributed by atoms with Gasteiger partial charge in [-0.2, -0.15) is 0 Å². The second-order valence-corrected chi connectivity index (χ2v) is 3.93. The average molecular weight is 273 g/mol. The number of hydrogen-bond donors (Lipinski definition) is 1. The lowest BCUT2D eigenvalue weighted by Crippen LogP contribution is -1.92. The molecule has 0 heterocycles. The predicted octanol–water partition coefficient (Wildman–Crippen LogP) is 3.33. The lowest BCUT2D eigenvalue weighted by molar-refractivity contribution is 0.392. The molecule has 0 atom stereocenters. The maximum Gasteiger partial charge on any atom is 0.165 e. The van der Waals surface area contributed by atoms with E-state index in [0.29, 0.717) is 20.9 Å². The Labute approximate surface area is 99.2 Å². The lowest BCUT2D eigenvalue weighted by atomic mass is 10.1. The number of fused-ring (bicyclic) bond motifs is 1. The van der Waals surface area contributed by atoms with Crippen molar-refractivity contribution in [2.75, 3.05) is 12.8 Å². The van der Waals surface area contributed by atoms with Crippen molar-refractivity contribution in [1.82, 2.24) is 0 Å². The van der Waals surface area contributed by atoms with Crippen LogP contribution in [0.4, 0.5) is 10.1 Å². The van der Waals surface area contributed by atoms with Gasteiger partial charge in [-0.3, -0.25) is 0 Å². The van der Waals surface area contributed by atoms with Crippen molar-refractivity contribution in [1.29, 1.82) is 0 Å². The highest BCUT2D eigenvalue weighted by molar-refractivity contribution is 9.10. The topological polar surface area (TPSA) is 35.2 Å². The van der Waals surface area contributed by atoms with Crippen LogP contribution in [0.15, 0.2) is 28.7 Å². The van der Waals surface area contributed by atoms with Gasteiger partial charge in [-0.15, -0.1) is 0 Å². The van der Waals surface area contributed by atoms with E-state index in [4.69, 9.17) is 14.6 Å². The molecule has 2 aromatic carbocycles. The number of hydrogen-bond acceptors (Lipinski definition) is 2. The van der Waals surface area contributed by atoms with E-state index in [9.17, 15) is 4.39 Å². The largest absolute Gasteiger partial charge is 0.493 e. The average Bonchev–Trinajstić information content (AvgIpc) is 2.20. The fraction of sp³-hybridized carbons (Fsp3) is 0.0909. The smallest absolute Gasteiger partial charge is 0.165 e. The summed E-state index contributed by atoms with van der Waals surface area (Å²) < 4.78 is 40.1. The van der Waals surface area contributed by atoms with Crippen LogP contribution in [0.3, 0.4) is 0 Å². The van der Waals surface area contributed by atoms with E-state index in [1.807, 2.05) is 0 Å². The summed E-state index contributed by atoms with van der Waals surface area (Å²) in [6.45, 7) is 0. The van der Waals surface area contributed by atoms with Gasteiger partial charge in [0, 0.05) is 15.5 Å². The van der Waals surface area contributed by atoms with Gasteiger partial charge in [0.05, 0.1) is 11.2 Å². The lowest BCUT2D eigenvalue weighted by Gasteiger charge is -2.09. The molecule has 0 radical (unpaired) electrons. The monoisotopic (exact) mass is 272 g/mol. The first-order chi connectivity index (χ1) is 8.28. The molecule has 4 heteroatoms. The molecule has 0 unspecified atom stereocenters. The molecule has 0 aliphatic rings. The first-order valence-corrected chi connectivity index (χ1v) is 4.93. The SMILES string of the molecule is [2H]C([2H])([2H])Oc1c(F)ccc2cc(N)cc(Br)c12. The van der Waals surface area contributed by atoms with Crippen LogP contribution >= 0.6 is 15.9 Å². The minimum absolute atomic E-state index is 0.306. The van der Waals surface area contributed by atoms with Crippen molar-refractivity contribution in [2.45, 2.75) is 0 Å². The van der Waals surface area contributed by atoms with E-state index < -0.39 is 12.9 Å².